The molecule has 1 N–H and O–H groups in total. The monoisotopic (exact) mass is 419 g/mol. The van der Waals surface area contributed by atoms with Crippen LogP contribution in [-0.4, -0.2) is 57.3 Å². The van der Waals surface area contributed by atoms with Gasteiger partial charge in [0.2, 0.25) is 0 Å². The molecule has 1 fully saturated rings. The minimum atomic E-state index is -3.54. The summed E-state index contributed by atoms with van der Waals surface area (Å²) in [5.74, 6) is 0. The first-order valence-corrected chi connectivity index (χ1v) is 11.2. The van der Waals surface area contributed by atoms with Crippen molar-refractivity contribution in [3.8, 4) is 0 Å². The third-order valence-electron chi connectivity index (χ3n) is 4.95. The Morgan fingerprint density at radius 2 is 1.83 bits per heavy atom. The van der Waals surface area contributed by atoms with Crippen LogP contribution in [0.5, 0.6) is 0 Å². The van der Waals surface area contributed by atoms with E-state index in [-0.39, 0.29) is 16.6 Å². The fourth-order valence-corrected chi connectivity index (χ4v) is 3.92. The van der Waals surface area contributed by atoms with Gasteiger partial charge in [-0.1, -0.05) is 29.8 Å². The smallest absolute Gasteiger partial charge is 0.293 e. The predicted octanol–water partition coefficient (Wildman–Crippen LogP) is 2.79. The van der Waals surface area contributed by atoms with Crippen molar-refractivity contribution < 1.29 is 18.1 Å². The predicted molar refractivity (Wildman–Crippen MR) is 111 cm³/mol. The van der Waals surface area contributed by atoms with Gasteiger partial charge in [-0.25, -0.2) is 8.42 Å². The lowest BCUT2D eigenvalue weighted by molar-refractivity contribution is -0.384. The van der Waals surface area contributed by atoms with Crippen molar-refractivity contribution in [1.29, 1.82) is 0 Å². The Bertz CT molecular complexity index is 970. The molecule has 29 heavy (non-hydrogen) atoms. The van der Waals surface area contributed by atoms with Crippen LogP contribution in [0.15, 0.2) is 47.4 Å². The highest BCUT2D eigenvalue weighted by Crippen LogP contribution is 2.31. The molecule has 1 unspecified atom stereocenters. The number of hydrogen-bond acceptors (Lipinski definition) is 7. The number of morpholine rings is 1. The van der Waals surface area contributed by atoms with Crippen LogP contribution in [0.4, 0.5) is 11.4 Å². The molecule has 9 heteroatoms. The fraction of sp³-hybridized carbons (Fsp3) is 0.400. The van der Waals surface area contributed by atoms with Crippen molar-refractivity contribution in [1.82, 2.24) is 4.90 Å². The highest BCUT2D eigenvalue weighted by Gasteiger charge is 2.23. The van der Waals surface area contributed by atoms with Crippen LogP contribution in [0.2, 0.25) is 0 Å². The van der Waals surface area contributed by atoms with E-state index in [4.69, 9.17) is 4.74 Å². The Morgan fingerprint density at radius 1 is 1.17 bits per heavy atom. The van der Waals surface area contributed by atoms with Crippen LogP contribution in [0.1, 0.15) is 17.2 Å². The molecule has 2 aromatic carbocycles. The van der Waals surface area contributed by atoms with E-state index in [1.165, 1.54) is 12.1 Å². The molecule has 3 rings (SSSR count). The van der Waals surface area contributed by atoms with Crippen molar-refractivity contribution in [3.05, 3.63) is 63.7 Å². The van der Waals surface area contributed by atoms with Gasteiger partial charge in [0.15, 0.2) is 9.84 Å². The quantitative estimate of drug-likeness (QED) is 0.544. The van der Waals surface area contributed by atoms with Crippen molar-refractivity contribution in [3.63, 3.8) is 0 Å². The molecule has 1 atom stereocenters. The number of anilines is 1. The lowest BCUT2D eigenvalue weighted by atomic mass is 10.0. The average molecular weight is 420 g/mol. The highest BCUT2D eigenvalue weighted by molar-refractivity contribution is 7.90. The first-order chi connectivity index (χ1) is 13.7. The molecule has 0 radical (unpaired) electrons. The number of nitro groups is 1. The molecule has 1 aliphatic heterocycles. The Morgan fingerprint density at radius 3 is 2.41 bits per heavy atom. The summed E-state index contributed by atoms with van der Waals surface area (Å²) in [7, 11) is -3.54. The molecular weight excluding hydrogens is 394 g/mol. The number of nitrogens with zero attached hydrogens (tertiary/aromatic N) is 2. The Balaban J connectivity index is 1.94. The number of aryl methyl sites for hydroxylation is 1. The molecule has 0 saturated carbocycles. The summed E-state index contributed by atoms with van der Waals surface area (Å²) < 4.78 is 29.0. The van der Waals surface area contributed by atoms with Gasteiger partial charge in [0, 0.05) is 32.0 Å². The summed E-state index contributed by atoms with van der Waals surface area (Å²) >= 11 is 0. The van der Waals surface area contributed by atoms with Gasteiger partial charge >= 0.3 is 0 Å². The average Bonchev–Trinajstić information content (AvgIpc) is 2.68. The Labute approximate surface area is 170 Å². The molecular formula is C20H25N3O5S. The zero-order valence-electron chi connectivity index (χ0n) is 16.5. The minimum absolute atomic E-state index is 0.0742. The maximum Gasteiger partial charge on any atom is 0.293 e. The Kier molecular flexibility index (Phi) is 6.51. The van der Waals surface area contributed by atoms with Crippen LogP contribution >= 0.6 is 0 Å². The van der Waals surface area contributed by atoms with Gasteiger partial charge in [0.25, 0.3) is 5.69 Å². The first-order valence-electron chi connectivity index (χ1n) is 9.36. The molecule has 156 valence electrons. The lowest BCUT2D eigenvalue weighted by Gasteiger charge is -2.31. The van der Waals surface area contributed by atoms with Crippen LogP contribution in [0, 0.1) is 17.0 Å². The second kappa shape index (κ2) is 8.89. The third kappa shape index (κ3) is 5.53. The normalized spacial score (nSPS) is 16.3. The standard InChI is InChI=1S/C20H25N3O5S/c1-15-3-5-16(6-4-15)19(14-22-9-11-28-12-10-22)21-18-8-7-17(29(2,26)27)13-20(18)23(24)25/h3-8,13,19,21H,9-12,14H2,1-2H3. The SMILES string of the molecule is Cc1ccc(C(CN2CCOCC2)Nc2ccc(S(C)(=O)=O)cc2[N+](=O)[O-])cc1. The second-order valence-electron chi connectivity index (χ2n) is 7.23. The third-order valence-corrected chi connectivity index (χ3v) is 6.06. The zero-order valence-corrected chi connectivity index (χ0v) is 17.3. The first kappa shape index (κ1) is 21.2. The molecule has 0 aromatic heterocycles. The van der Waals surface area contributed by atoms with E-state index in [1.54, 1.807) is 0 Å². The summed E-state index contributed by atoms with van der Waals surface area (Å²) in [6.45, 7) is 5.55. The second-order valence-corrected chi connectivity index (χ2v) is 9.24. The van der Waals surface area contributed by atoms with Gasteiger partial charge in [-0.15, -0.1) is 0 Å². The molecule has 1 aliphatic rings. The van der Waals surface area contributed by atoms with Crippen molar-refractivity contribution >= 4 is 21.2 Å². The van der Waals surface area contributed by atoms with E-state index >= 15 is 0 Å². The summed E-state index contributed by atoms with van der Waals surface area (Å²) in [5.41, 5.74) is 2.17. The van der Waals surface area contributed by atoms with E-state index in [1.807, 2.05) is 31.2 Å². The fourth-order valence-electron chi connectivity index (χ4n) is 3.28. The zero-order chi connectivity index (χ0) is 21.0. The van der Waals surface area contributed by atoms with Crippen LogP contribution in [0.25, 0.3) is 0 Å². The molecule has 1 saturated heterocycles. The number of nitro benzene ring substituents is 1. The molecule has 0 amide bonds. The van der Waals surface area contributed by atoms with Crippen LogP contribution in [-0.2, 0) is 14.6 Å². The molecule has 2 aromatic rings. The summed E-state index contributed by atoms with van der Waals surface area (Å²) in [6.07, 6.45) is 1.03. The van der Waals surface area contributed by atoms with E-state index in [2.05, 4.69) is 10.2 Å². The molecule has 0 spiro atoms. The molecule has 8 nitrogen and oxygen atoms in total. The van der Waals surface area contributed by atoms with Gasteiger partial charge in [0.05, 0.1) is 29.1 Å². The van der Waals surface area contributed by atoms with E-state index < -0.39 is 14.8 Å². The maximum atomic E-state index is 11.8. The number of hydrogen-bond donors (Lipinski definition) is 1. The van der Waals surface area contributed by atoms with Gasteiger partial charge in [-0.3, -0.25) is 15.0 Å². The summed E-state index contributed by atoms with van der Waals surface area (Å²) in [4.78, 5) is 13.2. The van der Waals surface area contributed by atoms with Crippen LogP contribution in [0.3, 0.4) is 0 Å². The number of nitrogens with one attached hydrogen (secondary N) is 1. The molecule has 0 bridgehead atoms. The van der Waals surface area contributed by atoms with Gasteiger partial charge in [0.1, 0.15) is 5.69 Å². The molecule has 0 aliphatic carbocycles. The van der Waals surface area contributed by atoms with Crippen molar-refractivity contribution in [2.24, 2.45) is 0 Å². The van der Waals surface area contributed by atoms with E-state index in [0.717, 1.165) is 36.5 Å². The van der Waals surface area contributed by atoms with Crippen molar-refractivity contribution in [2.45, 2.75) is 17.9 Å². The maximum absolute atomic E-state index is 11.8. The minimum Gasteiger partial charge on any atom is -0.379 e. The largest absolute Gasteiger partial charge is 0.379 e. The van der Waals surface area contributed by atoms with Gasteiger partial charge < -0.3 is 10.1 Å². The Hall–Kier alpha value is -2.49. The number of rotatable bonds is 7. The summed E-state index contributed by atoms with van der Waals surface area (Å²) in [6, 6.07) is 11.8. The van der Waals surface area contributed by atoms with Crippen LogP contribution < -0.4 is 5.32 Å². The van der Waals surface area contributed by atoms with Gasteiger partial charge in [-0.2, -0.15) is 0 Å². The van der Waals surface area contributed by atoms with E-state index in [9.17, 15) is 18.5 Å². The topological polar surface area (TPSA) is 102 Å². The number of benzene rings is 2. The molecule has 1 heterocycles. The van der Waals surface area contributed by atoms with Gasteiger partial charge in [-0.05, 0) is 24.6 Å². The summed E-state index contributed by atoms with van der Waals surface area (Å²) in [5, 5.41) is 14.9. The lowest BCUT2D eigenvalue weighted by Crippen LogP contribution is -2.40. The van der Waals surface area contributed by atoms with E-state index in [0.29, 0.717) is 25.4 Å². The highest BCUT2D eigenvalue weighted by atomic mass is 32.2. The number of ether oxygens (including phenoxy) is 1. The van der Waals surface area contributed by atoms with Crippen molar-refractivity contribution in [2.75, 3.05) is 44.4 Å². The number of sulfone groups is 1.